The quantitative estimate of drug-likeness (QED) is 0.351. The van der Waals surface area contributed by atoms with Crippen molar-refractivity contribution in [3.63, 3.8) is 0 Å². The second-order valence-electron chi connectivity index (χ2n) is 7.14. The molecule has 0 aromatic heterocycles. The van der Waals surface area contributed by atoms with Crippen molar-refractivity contribution in [1.82, 2.24) is 0 Å². The van der Waals surface area contributed by atoms with Gasteiger partial charge >= 0.3 is 5.92 Å². The summed E-state index contributed by atoms with van der Waals surface area (Å²) in [5.74, 6) is -1.22. The van der Waals surface area contributed by atoms with Gasteiger partial charge in [-0.05, 0) is 41.8 Å². The lowest BCUT2D eigenvalue weighted by Crippen LogP contribution is -2.30. The zero-order valence-corrected chi connectivity index (χ0v) is 17.3. The molecule has 0 aliphatic heterocycles. The lowest BCUT2D eigenvalue weighted by Gasteiger charge is -2.26. The van der Waals surface area contributed by atoms with Crippen molar-refractivity contribution in [1.29, 1.82) is 0 Å². The molecule has 2 aromatic carbocycles. The van der Waals surface area contributed by atoms with Gasteiger partial charge in [-0.3, -0.25) is 0 Å². The number of ether oxygens (including phenoxy) is 3. The Hall–Kier alpha value is -1.85. The Bertz CT molecular complexity index is 716. The van der Waals surface area contributed by atoms with Crippen LogP contribution >= 0.6 is 11.6 Å². The highest BCUT2D eigenvalue weighted by molar-refractivity contribution is 6.17. The summed E-state index contributed by atoms with van der Waals surface area (Å²) in [5.41, 5.74) is 1.92. The van der Waals surface area contributed by atoms with Crippen molar-refractivity contribution in [3.05, 3.63) is 59.7 Å². The first-order valence-electron chi connectivity index (χ1n) is 9.18. The van der Waals surface area contributed by atoms with E-state index in [4.69, 9.17) is 21.1 Å². The van der Waals surface area contributed by atoms with E-state index in [1.165, 1.54) is 7.11 Å². The van der Waals surface area contributed by atoms with Gasteiger partial charge in [0, 0.05) is 18.4 Å². The molecule has 6 heteroatoms. The molecule has 0 saturated carbocycles. The maximum absolute atomic E-state index is 13.5. The van der Waals surface area contributed by atoms with Gasteiger partial charge < -0.3 is 14.2 Å². The van der Waals surface area contributed by atoms with Gasteiger partial charge in [-0.25, -0.2) is 8.78 Å². The normalized spacial score (nSPS) is 12.1. The molecule has 0 amide bonds. The zero-order chi connectivity index (χ0) is 20.6. The van der Waals surface area contributed by atoms with Gasteiger partial charge in [-0.15, -0.1) is 11.6 Å². The molecular formula is C22H27ClF2O3. The summed E-state index contributed by atoms with van der Waals surface area (Å²) >= 11 is 5.66. The van der Waals surface area contributed by atoms with Crippen molar-refractivity contribution in [2.75, 3.05) is 32.8 Å². The average molecular weight is 413 g/mol. The van der Waals surface area contributed by atoms with Gasteiger partial charge in [-0.2, -0.15) is 0 Å². The van der Waals surface area contributed by atoms with Crippen LogP contribution in [0, 0.1) is 0 Å². The van der Waals surface area contributed by atoms with Crippen LogP contribution in [0.1, 0.15) is 31.4 Å². The Balaban J connectivity index is 2.03. The molecule has 0 heterocycles. The third kappa shape index (κ3) is 6.35. The van der Waals surface area contributed by atoms with E-state index >= 15 is 0 Å². The molecule has 0 radical (unpaired) electrons. The molecular weight excluding hydrogens is 386 g/mol. The van der Waals surface area contributed by atoms with Crippen LogP contribution in [0.3, 0.4) is 0 Å². The zero-order valence-electron chi connectivity index (χ0n) is 16.5. The number of rotatable bonds is 11. The van der Waals surface area contributed by atoms with Gasteiger partial charge in [0.25, 0.3) is 0 Å². The van der Waals surface area contributed by atoms with E-state index in [0.29, 0.717) is 18.2 Å². The van der Waals surface area contributed by atoms with Crippen LogP contribution in [-0.2, 0) is 10.2 Å². The molecule has 2 rings (SSSR count). The first kappa shape index (κ1) is 22.4. The smallest absolute Gasteiger partial charge is 0.304 e. The van der Waals surface area contributed by atoms with Crippen LogP contribution in [0.4, 0.5) is 8.78 Å². The first-order valence-corrected chi connectivity index (χ1v) is 9.71. The van der Waals surface area contributed by atoms with E-state index in [1.54, 1.807) is 12.1 Å². The second kappa shape index (κ2) is 10.1. The molecule has 0 unspecified atom stereocenters. The molecule has 0 N–H and O–H groups in total. The van der Waals surface area contributed by atoms with E-state index in [0.717, 1.165) is 23.3 Å². The Morgan fingerprint density at radius 1 is 0.821 bits per heavy atom. The Morgan fingerprint density at radius 3 is 1.79 bits per heavy atom. The SMILES string of the molecule is COCC(F)(F)COc1ccc(C(C)(C)c2ccc(OCCCCl)cc2)cc1. The highest BCUT2D eigenvalue weighted by Gasteiger charge is 2.30. The lowest BCUT2D eigenvalue weighted by molar-refractivity contribution is -0.0910. The summed E-state index contributed by atoms with van der Waals surface area (Å²) in [7, 11) is 1.24. The van der Waals surface area contributed by atoms with E-state index in [9.17, 15) is 8.78 Å². The van der Waals surface area contributed by atoms with Crippen LogP contribution in [0.25, 0.3) is 0 Å². The van der Waals surface area contributed by atoms with Crippen LogP contribution in [0.5, 0.6) is 11.5 Å². The molecule has 0 saturated heterocycles. The number of hydrogen-bond donors (Lipinski definition) is 0. The van der Waals surface area contributed by atoms with Gasteiger partial charge in [-0.1, -0.05) is 38.1 Å². The monoisotopic (exact) mass is 412 g/mol. The molecule has 3 nitrogen and oxygen atoms in total. The summed E-state index contributed by atoms with van der Waals surface area (Å²) in [6.07, 6.45) is 0.806. The predicted octanol–water partition coefficient (Wildman–Crippen LogP) is 5.68. The minimum Gasteiger partial charge on any atom is -0.494 e. The van der Waals surface area contributed by atoms with Crippen molar-refractivity contribution < 1.29 is 23.0 Å². The summed E-state index contributed by atoms with van der Waals surface area (Å²) in [6, 6.07) is 15.2. The Morgan fingerprint density at radius 2 is 1.32 bits per heavy atom. The Labute approximate surface area is 170 Å². The maximum atomic E-state index is 13.5. The molecule has 2 aromatic rings. The van der Waals surface area contributed by atoms with Crippen LogP contribution in [-0.4, -0.2) is 38.7 Å². The first-order chi connectivity index (χ1) is 13.3. The number of halogens is 3. The van der Waals surface area contributed by atoms with Crippen molar-refractivity contribution >= 4 is 11.6 Å². The standard InChI is InChI=1S/C22H27ClF2O3/c1-21(2,17-5-9-19(10-6-17)27-14-4-13-23)18-7-11-20(12-8-18)28-16-22(24,25)15-26-3/h5-12H,4,13-16H2,1-3H3. The summed E-state index contributed by atoms with van der Waals surface area (Å²) in [6.45, 7) is 3.44. The van der Waals surface area contributed by atoms with Gasteiger partial charge in [0.1, 0.15) is 18.1 Å². The fourth-order valence-electron chi connectivity index (χ4n) is 2.79. The highest BCUT2D eigenvalue weighted by atomic mass is 35.5. The maximum Gasteiger partial charge on any atom is 0.304 e. The number of hydrogen-bond acceptors (Lipinski definition) is 3. The Kier molecular flexibility index (Phi) is 8.08. The van der Waals surface area contributed by atoms with Gasteiger partial charge in [0.15, 0.2) is 6.61 Å². The molecule has 154 valence electrons. The molecule has 28 heavy (non-hydrogen) atoms. The third-order valence-electron chi connectivity index (χ3n) is 4.50. The predicted molar refractivity (Wildman–Crippen MR) is 108 cm³/mol. The van der Waals surface area contributed by atoms with Gasteiger partial charge in [0.2, 0.25) is 0 Å². The average Bonchev–Trinajstić information content (AvgIpc) is 2.67. The van der Waals surface area contributed by atoms with E-state index in [1.807, 2.05) is 36.4 Å². The van der Waals surface area contributed by atoms with E-state index < -0.39 is 19.1 Å². The fraction of sp³-hybridized carbons (Fsp3) is 0.455. The number of alkyl halides is 3. The minimum absolute atomic E-state index is 0.257. The molecule has 0 bridgehead atoms. The summed E-state index contributed by atoms with van der Waals surface area (Å²) < 4.78 is 42.3. The van der Waals surface area contributed by atoms with Crippen LogP contribution < -0.4 is 9.47 Å². The van der Waals surface area contributed by atoms with Crippen molar-refractivity contribution in [3.8, 4) is 11.5 Å². The van der Waals surface area contributed by atoms with Gasteiger partial charge in [0.05, 0.1) is 6.61 Å². The van der Waals surface area contributed by atoms with Crippen molar-refractivity contribution in [2.45, 2.75) is 31.6 Å². The van der Waals surface area contributed by atoms with Crippen LogP contribution in [0.2, 0.25) is 0 Å². The third-order valence-corrected chi connectivity index (χ3v) is 4.77. The summed E-state index contributed by atoms with van der Waals surface area (Å²) in [4.78, 5) is 0. The topological polar surface area (TPSA) is 27.7 Å². The molecule has 0 atom stereocenters. The largest absolute Gasteiger partial charge is 0.494 e. The minimum atomic E-state index is -3.01. The van der Waals surface area contributed by atoms with E-state index in [-0.39, 0.29) is 5.41 Å². The molecule has 0 aliphatic carbocycles. The second-order valence-corrected chi connectivity index (χ2v) is 7.52. The summed E-state index contributed by atoms with van der Waals surface area (Å²) in [5, 5.41) is 0. The molecule has 0 aliphatic rings. The van der Waals surface area contributed by atoms with Crippen LogP contribution in [0.15, 0.2) is 48.5 Å². The highest BCUT2D eigenvalue weighted by Crippen LogP contribution is 2.33. The molecule has 0 spiro atoms. The lowest BCUT2D eigenvalue weighted by atomic mass is 9.78. The fourth-order valence-corrected chi connectivity index (χ4v) is 2.90. The molecule has 0 fully saturated rings. The van der Waals surface area contributed by atoms with E-state index in [2.05, 4.69) is 18.6 Å². The number of methoxy groups -OCH3 is 1. The number of benzene rings is 2. The van der Waals surface area contributed by atoms with Crippen molar-refractivity contribution in [2.24, 2.45) is 0 Å².